The standard InChI is InChI=1S/C16H20ClNO4/c1-21-15(19)12-7-8-18(16(20)22-2)14(10-12)9-11-3-5-13(17)6-4-11/h3-6,12,14H,7-10H2,1-2H3. The number of piperidine rings is 1. The summed E-state index contributed by atoms with van der Waals surface area (Å²) in [6.07, 6.45) is 1.46. The Hall–Kier alpha value is -1.75. The summed E-state index contributed by atoms with van der Waals surface area (Å²) >= 11 is 5.89. The molecule has 1 aromatic rings. The quantitative estimate of drug-likeness (QED) is 0.802. The first-order valence-corrected chi connectivity index (χ1v) is 7.59. The van der Waals surface area contributed by atoms with Crippen LogP contribution in [0.1, 0.15) is 18.4 Å². The summed E-state index contributed by atoms with van der Waals surface area (Å²) in [7, 11) is 2.76. The number of halogens is 1. The first-order chi connectivity index (χ1) is 10.5. The highest BCUT2D eigenvalue weighted by atomic mass is 35.5. The van der Waals surface area contributed by atoms with Crippen LogP contribution in [0, 0.1) is 5.92 Å². The number of likely N-dealkylation sites (tertiary alicyclic amines) is 1. The molecule has 0 aliphatic carbocycles. The van der Waals surface area contributed by atoms with Crippen LogP contribution in [0.15, 0.2) is 24.3 Å². The Morgan fingerprint density at radius 2 is 1.91 bits per heavy atom. The highest BCUT2D eigenvalue weighted by molar-refractivity contribution is 6.30. The van der Waals surface area contributed by atoms with E-state index in [0.717, 1.165) is 5.56 Å². The molecule has 5 nitrogen and oxygen atoms in total. The summed E-state index contributed by atoms with van der Waals surface area (Å²) in [5.74, 6) is -0.395. The zero-order chi connectivity index (χ0) is 16.1. The molecule has 22 heavy (non-hydrogen) atoms. The normalized spacial score (nSPS) is 21.3. The second kappa shape index (κ2) is 7.49. The van der Waals surface area contributed by atoms with Gasteiger partial charge in [0.05, 0.1) is 20.1 Å². The first-order valence-electron chi connectivity index (χ1n) is 7.22. The molecule has 1 heterocycles. The molecule has 120 valence electrons. The molecule has 2 atom stereocenters. The molecule has 1 saturated heterocycles. The van der Waals surface area contributed by atoms with E-state index >= 15 is 0 Å². The van der Waals surface area contributed by atoms with Gasteiger partial charge in [0.25, 0.3) is 0 Å². The van der Waals surface area contributed by atoms with E-state index in [1.165, 1.54) is 14.2 Å². The molecule has 2 unspecified atom stereocenters. The van der Waals surface area contributed by atoms with Crippen LogP contribution in [0.2, 0.25) is 5.02 Å². The van der Waals surface area contributed by atoms with Crippen molar-refractivity contribution >= 4 is 23.7 Å². The van der Waals surface area contributed by atoms with Gasteiger partial charge in [0.1, 0.15) is 0 Å². The van der Waals surface area contributed by atoms with Gasteiger partial charge in [-0.3, -0.25) is 4.79 Å². The number of esters is 1. The largest absolute Gasteiger partial charge is 0.469 e. The molecule has 1 fully saturated rings. The number of benzene rings is 1. The van der Waals surface area contributed by atoms with Gasteiger partial charge in [-0.05, 0) is 37.0 Å². The number of rotatable bonds is 3. The Morgan fingerprint density at radius 1 is 1.23 bits per heavy atom. The highest BCUT2D eigenvalue weighted by Crippen LogP contribution is 2.27. The monoisotopic (exact) mass is 325 g/mol. The van der Waals surface area contributed by atoms with Gasteiger partial charge in [-0.15, -0.1) is 0 Å². The summed E-state index contributed by atoms with van der Waals surface area (Å²) in [6.45, 7) is 0.491. The Kier molecular flexibility index (Phi) is 5.66. The molecule has 1 aliphatic rings. The SMILES string of the molecule is COC(=O)C1CCN(C(=O)OC)C(Cc2ccc(Cl)cc2)C1. The van der Waals surface area contributed by atoms with E-state index in [9.17, 15) is 9.59 Å². The van der Waals surface area contributed by atoms with E-state index < -0.39 is 0 Å². The zero-order valence-electron chi connectivity index (χ0n) is 12.8. The fraction of sp³-hybridized carbons (Fsp3) is 0.500. The number of carbonyl (C=O) groups excluding carboxylic acids is 2. The fourth-order valence-electron chi connectivity index (χ4n) is 2.88. The summed E-state index contributed by atoms with van der Waals surface area (Å²) in [5.41, 5.74) is 1.06. The Balaban J connectivity index is 2.14. The second-order valence-electron chi connectivity index (χ2n) is 5.39. The van der Waals surface area contributed by atoms with E-state index in [4.69, 9.17) is 21.1 Å². The predicted molar refractivity (Wildman–Crippen MR) is 82.8 cm³/mol. The molecule has 6 heteroatoms. The van der Waals surface area contributed by atoms with Gasteiger partial charge in [-0.25, -0.2) is 4.79 Å². The number of amides is 1. The smallest absolute Gasteiger partial charge is 0.409 e. The van der Waals surface area contributed by atoms with Gasteiger partial charge >= 0.3 is 12.1 Å². The average molecular weight is 326 g/mol. The van der Waals surface area contributed by atoms with Crippen LogP contribution in [-0.4, -0.2) is 43.8 Å². The number of nitrogens with zero attached hydrogens (tertiary/aromatic N) is 1. The molecule has 0 saturated carbocycles. The lowest BCUT2D eigenvalue weighted by Gasteiger charge is -2.37. The van der Waals surface area contributed by atoms with Crippen LogP contribution in [0.5, 0.6) is 0 Å². The third-order valence-electron chi connectivity index (χ3n) is 4.04. The van der Waals surface area contributed by atoms with Crippen LogP contribution >= 0.6 is 11.6 Å². The van der Waals surface area contributed by atoms with E-state index in [1.54, 1.807) is 4.90 Å². The van der Waals surface area contributed by atoms with Crippen LogP contribution in [0.25, 0.3) is 0 Å². The maximum Gasteiger partial charge on any atom is 0.409 e. The molecule has 0 bridgehead atoms. The maximum absolute atomic E-state index is 11.9. The van der Waals surface area contributed by atoms with Gasteiger partial charge in [0.15, 0.2) is 0 Å². The fourth-order valence-corrected chi connectivity index (χ4v) is 3.00. The van der Waals surface area contributed by atoms with Crippen molar-refractivity contribution in [1.82, 2.24) is 4.90 Å². The first kappa shape index (κ1) is 16.6. The van der Waals surface area contributed by atoms with E-state index in [2.05, 4.69) is 0 Å². The lowest BCUT2D eigenvalue weighted by atomic mass is 9.88. The number of hydrogen-bond acceptors (Lipinski definition) is 4. The molecular formula is C16H20ClNO4. The summed E-state index contributed by atoms with van der Waals surface area (Å²) < 4.78 is 9.68. The molecule has 0 N–H and O–H groups in total. The zero-order valence-corrected chi connectivity index (χ0v) is 13.5. The second-order valence-corrected chi connectivity index (χ2v) is 5.83. The topological polar surface area (TPSA) is 55.8 Å². The number of ether oxygens (including phenoxy) is 2. The lowest BCUT2D eigenvalue weighted by Crippen LogP contribution is -2.48. The highest BCUT2D eigenvalue weighted by Gasteiger charge is 2.35. The summed E-state index contributed by atoms with van der Waals surface area (Å²) in [6, 6.07) is 7.41. The molecule has 1 aliphatic heterocycles. The number of carbonyl (C=O) groups is 2. The van der Waals surface area contributed by atoms with Crippen molar-refractivity contribution in [3.63, 3.8) is 0 Å². The van der Waals surface area contributed by atoms with Crippen molar-refractivity contribution < 1.29 is 19.1 Å². The number of methoxy groups -OCH3 is 2. The van der Waals surface area contributed by atoms with Gasteiger partial charge in [0.2, 0.25) is 0 Å². The minimum absolute atomic E-state index is 0.0912. The van der Waals surface area contributed by atoms with Gasteiger partial charge in [0, 0.05) is 17.6 Å². The number of hydrogen-bond donors (Lipinski definition) is 0. The molecule has 1 amide bonds. The van der Waals surface area contributed by atoms with Gasteiger partial charge in [-0.2, -0.15) is 0 Å². The van der Waals surface area contributed by atoms with Gasteiger partial charge < -0.3 is 14.4 Å². The minimum atomic E-state index is -0.359. The van der Waals surface area contributed by atoms with E-state index in [0.29, 0.717) is 30.8 Å². The molecule has 0 radical (unpaired) electrons. The van der Waals surface area contributed by atoms with Crippen molar-refractivity contribution in [2.75, 3.05) is 20.8 Å². The van der Waals surface area contributed by atoms with Crippen molar-refractivity contribution in [2.24, 2.45) is 5.92 Å². The van der Waals surface area contributed by atoms with Crippen LogP contribution in [0.4, 0.5) is 4.79 Å². The van der Waals surface area contributed by atoms with Crippen molar-refractivity contribution in [2.45, 2.75) is 25.3 Å². The average Bonchev–Trinajstić information content (AvgIpc) is 2.55. The van der Waals surface area contributed by atoms with E-state index in [1.807, 2.05) is 24.3 Å². The summed E-state index contributed by atoms with van der Waals surface area (Å²) in [5, 5.41) is 0.671. The Bertz CT molecular complexity index is 531. The molecule has 1 aromatic carbocycles. The Morgan fingerprint density at radius 3 is 2.50 bits per heavy atom. The Labute approximate surface area is 135 Å². The van der Waals surface area contributed by atoms with Crippen LogP contribution in [0.3, 0.4) is 0 Å². The van der Waals surface area contributed by atoms with Crippen LogP contribution in [-0.2, 0) is 20.7 Å². The minimum Gasteiger partial charge on any atom is -0.469 e. The molecule has 0 aromatic heterocycles. The van der Waals surface area contributed by atoms with Crippen molar-refractivity contribution in [1.29, 1.82) is 0 Å². The summed E-state index contributed by atoms with van der Waals surface area (Å²) in [4.78, 5) is 25.4. The predicted octanol–water partition coefficient (Wildman–Crippen LogP) is 2.90. The van der Waals surface area contributed by atoms with Crippen molar-refractivity contribution in [3.8, 4) is 0 Å². The van der Waals surface area contributed by atoms with Crippen LogP contribution < -0.4 is 0 Å². The third-order valence-corrected chi connectivity index (χ3v) is 4.30. The maximum atomic E-state index is 11.9. The molecule has 2 rings (SSSR count). The van der Waals surface area contributed by atoms with Gasteiger partial charge in [-0.1, -0.05) is 23.7 Å². The third kappa shape index (κ3) is 3.91. The van der Waals surface area contributed by atoms with E-state index in [-0.39, 0.29) is 24.0 Å². The lowest BCUT2D eigenvalue weighted by molar-refractivity contribution is -0.147. The molecule has 0 spiro atoms. The van der Waals surface area contributed by atoms with Crippen molar-refractivity contribution in [3.05, 3.63) is 34.9 Å². The molecular weight excluding hydrogens is 306 g/mol.